The van der Waals surface area contributed by atoms with Crippen molar-refractivity contribution in [2.75, 3.05) is 26.8 Å². The van der Waals surface area contributed by atoms with Gasteiger partial charge in [0.25, 0.3) is 5.91 Å². The van der Waals surface area contributed by atoms with Crippen molar-refractivity contribution in [1.29, 1.82) is 0 Å². The van der Waals surface area contributed by atoms with Crippen LogP contribution in [-0.2, 0) is 29.2 Å². The van der Waals surface area contributed by atoms with Gasteiger partial charge in [-0.3, -0.25) is 9.59 Å². The zero-order valence-electron chi connectivity index (χ0n) is 24.1. The zero-order valence-corrected chi connectivity index (χ0v) is 24.1. The Kier molecular flexibility index (Phi) is 10.6. The Morgan fingerprint density at radius 1 is 0.756 bits per heavy atom. The number of amides is 2. The van der Waals surface area contributed by atoms with Crippen LogP contribution in [0.4, 0.5) is 0 Å². The van der Waals surface area contributed by atoms with Crippen LogP contribution in [0.15, 0.2) is 103 Å². The summed E-state index contributed by atoms with van der Waals surface area (Å²) in [5, 5.41) is 0. The minimum Gasteiger partial charge on any atom is -0.497 e. The number of ether oxygens (including phenoxy) is 2. The molecule has 1 heterocycles. The topological polar surface area (TPSA) is 64.0 Å². The Bertz CT molecular complexity index is 1390. The number of hydrogen-bond donors (Lipinski definition) is 0. The fourth-order valence-corrected chi connectivity index (χ4v) is 4.66. The molecule has 0 fully saturated rings. The van der Waals surface area contributed by atoms with Gasteiger partial charge < -0.3 is 23.8 Å². The highest BCUT2D eigenvalue weighted by atomic mass is 16.5. The number of nitrogens with zero attached hydrogens (tertiary/aromatic N) is 3. The van der Waals surface area contributed by atoms with Crippen LogP contribution in [0.3, 0.4) is 0 Å². The van der Waals surface area contributed by atoms with Crippen molar-refractivity contribution in [2.45, 2.75) is 33.5 Å². The fourth-order valence-electron chi connectivity index (χ4n) is 4.66. The van der Waals surface area contributed by atoms with Gasteiger partial charge in [0.1, 0.15) is 11.5 Å². The van der Waals surface area contributed by atoms with Crippen LogP contribution >= 0.6 is 0 Å². The normalized spacial score (nSPS) is 10.8. The molecule has 7 nitrogen and oxygen atoms in total. The first kappa shape index (κ1) is 29.5. The Morgan fingerprint density at radius 2 is 1.44 bits per heavy atom. The van der Waals surface area contributed by atoms with Crippen LogP contribution in [0.25, 0.3) is 0 Å². The summed E-state index contributed by atoms with van der Waals surface area (Å²) >= 11 is 0. The zero-order chi connectivity index (χ0) is 29.0. The number of rotatable bonds is 14. The highest BCUT2D eigenvalue weighted by Gasteiger charge is 2.24. The van der Waals surface area contributed by atoms with Crippen LogP contribution in [0.2, 0.25) is 0 Å². The summed E-state index contributed by atoms with van der Waals surface area (Å²) in [5.41, 5.74) is 3.14. The third-order valence-electron chi connectivity index (χ3n) is 6.70. The van der Waals surface area contributed by atoms with Gasteiger partial charge in [0.05, 0.1) is 20.2 Å². The summed E-state index contributed by atoms with van der Waals surface area (Å²) in [5.74, 6) is 1.31. The third-order valence-corrected chi connectivity index (χ3v) is 6.70. The number of carbonyl (C=O) groups is 2. The van der Waals surface area contributed by atoms with E-state index in [9.17, 15) is 9.59 Å². The van der Waals surface area contributed by atoms with E-state index in [0.717, 1.165) is 22.6 Å². The molecule has 0 unspecified atom stereocenters. The average molecular weight is 554 g/mol. The summed E-state index contributed by atoms with van der Waals surface area (Å²) < 4.78 is 13.2. The van der Waals surface area contributed by atoms with Crippen LogP contribution in [0, 0.1) is 5.92 Å². The van der Waals surface area contributed by atoms with Gasteiger partial charge in [-0.25, -0.2) is 0 Å². The van der Waals surface area contributed by atoms with Crippen LogP contribution in [0.1, 0.15) is 30.7 Å². The predicted molar refractivity (Wildman–Crippen MR) is 161 cm³/mol. The number of para-hydroxylation sites is 1. The predicted octanol–water partition coefficient (Wildman–Crippen LogP) is 5.64. The lowest BCUT2D eigenvalue weighted by molar-refractivity contribution is -0.142. The van der Waals surface area contributed by atoms with E-state index in [1.54, 1.807) is 12.0 Å². The summed E-state index contributed by atoms with van der Waals surface area (Å²) in [6, 6.07) is 31.2. The quantitative estimate of drug-likeness (QED) is 0.203. The van der Waals surface area contributed by atoms with Gasteiger partial charge in [-0.2, -0.15) is 0 Å². The molecule has 214 valence electrons. The van der Waals surface area contributed by atoms with Gasteiger partial charge in [0.15, 0.2) is 6.61 Å². The fraction of sp³-hybridized carbons (Fsp3) is 0.294. The molecule has 0 atom stereocenters. The van der Waals surface area contributed by atoms with E-state index in [4.69, 9.17) is 9.47 Å². The molecule has 3 aromatic carbocycles. The smallest absolute Gasteiger partial charge is 0.260 e. The molecule has 0 bridgehead atoms. The molecule has 0 aliphatic heterocycles. The summed E-state index contributed by atoms with van der Waals surface area (Å²) in [4.78, 5) is 30.5. The summed E-state index contributed by atoms with van der Waals surface area (Å²) in [6.07, 6.45) is 2.02. The molecule has 0 spiro atoms. The van der Waals surface area contributed by atoms with Gasteiger partial charge in [-0.15, -0.1) is 0 Å². The first-order chi connectivity index (χ1) is 19.9. The Hall–Kier alpha value is -4.52. The molecule has 2 amide bonds. The molecule has 4 aromatic rings. The van der Waals surface area contributed by atoms with E-state index in [1.165, 1.54) is 0 Å². The van der Waals surface area contributed by atoms with Crippen molar-refractivity contribution < 1.29 is 19.1 Å². The van der Waals surface area contributed by atoms with E-state index in [-0.39, 0.29) is 30.9 Å². The monoisotopic (exact) mass is 553 g/mol. The molecule has 0 radical (unpaired) electrons. The lowest BCUT2D eigenvalue weighted by Crippen LogP contribution is -2.45. The van der Waals surface area contributed by atoms with E-state index < -0.39 is 0 Å². The standard InChI is InChI=1S/C34H39N3O4/c1-27(2)21-36(34(39)26-41-31-16-8-5-9-17-31)25-33(38)37(22-28-12-6-4-7-13-28)24-30-15-11-19-35(30)23-29-14-10-18-32(20-29)40-3/h4-20,27H,21-26H2,1-3H3. The highest BCUT2D eigenvalue weighted by molar-refractivity contribution is 5.85. The van der Waals surface area contributed by atoms with Gasteiger partial charge >= 0.3 is 0 Å². The number of hydrogen-bond acceptors (Lipinski definition) is 4. The number of benzene rings is 3. The Balaban J connectivity index is 1.51. The van der Waals surface area contributed by atoms with Crippen LogP contribution in [-0.4, -0.2) is 53.0 Å². The molecule has 1 aromatic heterocycles. The molecule has 0 aliphatic rings. The lowest BCUT2D eigenvalue weighted by Gasteiger charge is -2.29. The van der Waals surface area contributed by atoms with E-state index in [0.29, 0.717) is 31.9 Å². The largest absolute Gasteiger partial charge is 0.497 e. The minimum atomic E-state index is -0.211. The SMILES string of the molecule is COc1cccc(Cn2cccc2CN(Cc2ccccc2)C(=O)CN(CC(C)C)C(=O)COc2ccccc2)c1. The lowest BCUT2D eigenvalue weighted by atomic mass is 10.2. The summed E-state index contributed by atoms with van der Waals surface area (Å²) in [6.45, 7) is 5.91. The second-order valence-corrected chi connectivity index (χ2v) is 10.5. The number of carbonyl (C=O) groups excluding carboxylic acids is 2. The van der Waals surface area contributed by atoms with Crippen molar-refractivity contribution >= 4 is 11.8 Å². The molecule has 41 heavy (non-hydrogen) atoms. The first-order valence-electron chi connectivity index (χ1n) is 14.0. The van der Waals surface area contributed by atoms with Crippen molar-refractivity contribution in [1.82, 2.24) is 14.4 Å². The number of methoxy groups -OCH3 is 1. The van der Waals surface area contributed by atoms with Gasteiger partial charge in [-0.05, 0) is 53.4 Å². The maximum absolute atomic E-state index is 13.9. The van der Waals surface area contributed by atoms with Crippen LogP contribution in [0.5, 0.6) is 11.5 Å². The molecule has 0 saturated heterocycles. The van der Waals surface area contributed by atoms with Gasteiger partial charge in [0, 0.05) is 31.5 Å². The molecular weight excluding hydrogens is 514 g/mol. The molecular formula is C34H39N3O4. The molecule has 4 rings (SSSR count). The molecule has 0 N–H and O–H groups in total. The average Bonchev–Trinajstić information content (AvgIpc) is 3.42. The van der Waals surface area contributed by atoms with E-state index in [2.05, 4.69) is 10.6 Å². The summed E-state index contributed by atoms with van der Waals surface area (Å²) in [7, 11) is 1.66. The van der Waals surface area contributed by atoms with Gasteiger partial charge in [-0.1, -0.05) is 74.5 Å². The van der Waals surface area contributed by atoms with E-state index in [1.807, 2.05) is 116 Å². The highest BCUT2D eigenvalue weighted by Crippen LogP contribution is 2.18. The third kappa shape index (κ3) is 9.00. The van der Waals surface area contributed by atoms with Crippen molar-refractivity contribution in [3.63, 3.8) is 0 Å². The van der Waals surface area contributed by atoms with Crippen molar-refractivity contribution in [3.05, 3.63) is 120 Å². The van der Waals surface area contributed by atoms with Crippen LogP contribution < -0.4 is 9.47 Å². The second kappa shape index (κ2) is 14.7. The Morgan fingerprint density at radius 3 is 2.15 bits per heavy atom. The minimum absolute atomic E-state index is 0.0153. The Labute approximate surface area is 242 Å². The molecule has 0 saturated carbocycles. The second-order valence-electron chi connectivity index (χ2n) is 10.5. The van der Waals surface area contributed by atoms with Crippen molar-refractivity contribution in [2.24, 2.45) is 5.92 Å². The first-order valence-corrected chi connectivity index (χ1v) is 14.0. The maximum Gasteiger partial charge on any atom is 0.260 e. The van der Waals surface area contributed by atoms with Gasteiger partial charge in [0.2, 0.25) is 5.91 Å². The number of aromatic nitrogens is 1. The van der Waals surface area contributed by atoms with E-state index >= 15 is 0 Å². The molecule has 7 heteroatoms. The maximum atomic E-state index is 13.9. The molecule has 0 aliphatic carbocycles. The van der Waals surface area contributed by atoms with Crippen molar-refractivity contribution in [3.8, 4) is 11.5 Å².